The van der Waals surface area contributed by atoms with E-state index in [9.17, 15) is 4.21 Å². The molecule has 1 atom stereocenters. The van der Waals surface area contributed by atoms with Gasteiger partial charge in [-0.1, -0.05) is 30.3 Å². The third-order valence-corrected chi connectivity index (χ3v) is 2.39. The Morgan fingerprint density at radius 2 is 1.92 bits per heavy atom. The van der Waals surface area contributed by atoms with E-state index in [0.29, 0.717) is 5.75 Å². The molecule has 3 heteroatoms. The maximum atomic E-state index is 10.4. The topological polar surface area (TPSA) is 40.9 Å². The Hall–Kier alpha value is -0.830. The molecule has 0 amide bonds. The lowest BCUT2D eigenvalue weighted by Gasteiger charge is -1.96. The standard InChI is InChI=1S/C9H13NOS/c10-12(11)8-4-7-9-5-2-1-3-6-9/h1-3,5-6,10,12H,4,7-8H2. The van der Waals surface area contributed by atoms with Gasteiger partial charge in [0, 0.05) is 16.3 Å². The quantitative estimate of drug-likeness (QED) is 0.687. The Balaban J connectivity index is 2.34. The van der Waals surface area contributed by atoms with E-state index in [1.807, 2.05) is 18.2 Å². The summed E-state index contributed by atoms with van der Waals surface area (Å²) in [5.74, 6) is 0.518. The average Bonchev–Trinajstić information content (AvgIpc) is 2.05. The molecule has 1 rings (SSSR count). The van der Waals surface area contributed by atoms with Crippen molar-refractivity contribution in [3.63, 3.8) is 0 Å². The Bertz CT molecular complexity index is 285. The first-order chi connectivity index (χ1) is 5.79. The van der Waals surface area contributed by atoms with E-state index in [0.717, 1.165) is 12.8 Å². The SMILES string of the molecule is N=[SH](=O)CCCc1ccccc1. The monoisotopic (exact) mass is 183 g/mol. The van der Waals surface area contributed by atoms with Crippen LogP contribution in [0.3, 0.4) is 0 Å². The summed E-state index contributed by atoms with van der Waals surface area (Å²) in [6.07, 6.45) is 1.78. The van der Waals surface area contributed by atoms with Gasteiger partial charge < -0.3 is 0 Å². The number of hydrogen-bond donors (Lipinski definition) is 2. The van der Waals surface area contributed by atoms with Crippen molar-refractivity contribution in [1.82, 2.24) is 0 Å². The maximum absolute atomic E-state index is 10.4. The first-order valence-corrected chi connectivity index (χ1v) is 5.43. The van der Waals surface area contributed by atoms with E-state index in [1.54, 1.807) is 0 Å². The van der Waals surface area contributed by atoms with Crippen molar-refractivity contribution in [2.45, 2.75) is 12.8 Å². The molecule has 0 aromatic heterocycles. The minimum atomic E-state index is -1.70. The van der Waals surface area contributed by atoms with Crippen LogP contribution in [-0.2, 0) is 17.0 Å². The third kappa shape index (κ3) is 3.53. The van der Waals surface area contributed by atoms with Gasteiger partial charge in [-0.25, -0.2) is 0 Å². The van der Waals surface area contributed by atoms with E-state index in [1.165, 1.54) is 5.56 Å². The van der Waals surface area contributed by atoms with Crippen LogP contribution >= 0.6 is 0 Å². The molecule has 0 bridgehead atoms. The minimum Gasteiger partial charge on any atom is -0.255 e. The van der Waals surface area contributed by atoms with Gasteiger partial charge in [0.25, 0.3) is 0 Å². The van der Waals surface area contributed by atoms with Crippen LogP contribution < -0.4 is 0 Å². The molecule has 0 radical (unpaired) electrons. The summed E-state index contributed by atoms with van der Waals surface area (Å²) < 4.78 is 17.3. The van der Waals surface area contributed by atoms with Gasteiger partial charge in [-0.15, -0.1) is 0 Å². The molecule has 0 spiro atoms. The van der Waals surface area contributed by atoms with Crippen LogP contribution in [0.4, 0.5) is 0 Å². The average molecular weight is 183 g/mol. The molecule has 66 valence electrons. The highest BCUT2D eigenvalue weighted by molar-refractivity contribution is 7.73. The fourth-order valence-electron chi connectivity index (χ4n) is 1.07. The van der Waals surface area contributed by atoms with Crippen LogP contribution in [-0.4, -0.2) is 9.96 Å². The van der Waals surface area contributed by atoms with Crippen molar-refractivity contribution < 1.29 is 4.21 Å². The van der Waals surface area contributed by atoms with Gasteiger partial charge in [0.1, 0.15) is 0 Å². The zero-order chi connectivity index (χ0) is 8.81. The van der Waals surface area contributed by atoms with E-state index >= 15 is 0 Å². The number of aryl methyl sites for hydroxylation is 1. The molecular formula is C9H13NOS. The summed E-state index contributed by atoms with van der Waals surface area (Å²) in [5, 5.41) is 0. The van der Waals surface area contributed by atoms with E-state index in [4.69, 9.17) is 4.78 Å². The summed E-state index contributed by atoms with van der Waals surface area (Å²) in [6.45, 7) is 0. The van der Waals surface area contributed by atoms with Gasteiger partial charge >= 0.3 is 0 Å². The normalized spacial score (nSPS) is 12.7. The lowest BCUT2D eigenvalue weighted by Crippen LogP contribution is -1.90. The van der Waals surface area contributed by atoms with Crippen LogP contribution in [0.15, 0.2) is 30.3 Å². The largest absolute Gasteiger partial charge is 0.255 e. The minimum absolute atomic E-state index is 0.518. The third-order valence-electron chi connectivity index (χ3n) is 1.67. The predicted octanol–water partition coefficient (Wildman–Crippen LogP) is 1.86. The van der Waals surface area contributed by atoms with Gasteiger partial charge in [-0.05, 0) is 18.4 Å². The molecule has 1 N–H and O–H groups in total. The van der Waals surface area contributed by atoms with Gasteiger partial charge in [0.05, 0.1) is 0 Å². The van der Waals surface area contributed by atoms with Crippen LogP contribution in [0.2, 0.25) is 0 Å². The molecule has 0 aliphatic rings. The fourth-order valence-corrected chi connectivity index (χ4v) is 1.52. The molecule has 1 aromatic carbocycles. The van der Waals surface area contributed by atoms with Crippen molar-refractivity contribution in [3.05, 3.63) is 35.9 Å². The van der Waals surface area contributed by atoms with Crippen molar-refractivity contribution >= 4 is 10.6 Å². The highest BCUT2D eigenvalue weighted by Gasteiger charge is 1.90. The molecule has 0 saturated heterocycles. The first kappa shape index (κ1) is 9.26. The molecule has 12 heavy (non-hydrogen) atoms. The zero-order valence-corrected chi connectivity index (χ0v) is 7.76. The van der Waals surface area contributed by atoms with Crippen molar-refractivity contribution in [1.29, 1.82) is 4.78 Å². The summed E-state index contributed by atoms with van der Waals surface area (Å²) in [7, 11) is -1.70. The molecular weight excluding hydrogens is 170 g/mol. The van der Waals surface area contributed by atoms with Crippen molar-refractivity contribution in [2.75, 3.05) is 5.75 Å². The molecule has 0 saturated carbocycles. The molecule has 0 fully saturated rings. The Morgan fingerprint density at radius 3 is 2.50 bits per heavy atom. The van der Waals surface area contributed by atoms with Crippen LogP contribution in [0.5, 0.6) is 0 Å². The number of benzene rings is 1. The predicted molar refractivity (Wildman–Crippen MR) is 51.9 cm³/mol. The summed E-state index contributed by atoms with van der Waals surface area (Å²) in [5.41, 5.74) is 1.26. The second-order valence-corrected chi connectivity index (χ2v) is 3.90. The van der Waals surface area contributed by atoms with E-state index in [2.05, 4.69) is 12.1 Å². The van der Waals surface area contributed by atoms with E-state index in [-0.39, 0.29) is 0 Å². The van der Waals surface area contributed by atoms with Gasteiger partial charge in [0.2, 0.25) is 0 Å². The lowest BCUT2D eigenvalue weighted by molar-refractivity contribution is 0.684. The highest BCUT2D eigenvalue weighted by Crippen LogP contribution is 2.01. The number of rotatable bonds is 4. The fraction of sp³-hybridized carbons (Fsp3) is 0.333. The van der Waals surface area contributed by atoms with Crippen molar-refractivity contribution in [2.24, 2.45) is 0 Å². The maximum Gasteiger partial charge on any atom is 0.0330 e. The Morgan fingerprint density at radius 1 is 1.25 bits per heavy atom. The van der Waals surface area contributed by atoms with Gasteiger partial charge in [0.15, 0.2) is 0 Å². The van der Waals surface area contributed by atoms with Crippen molar-refractivity contribution in [3.8, 4) is 0 Å². The Labute approximate surface area is 74.6 Å². The highest BCUT2D eigenvalue weighted by atomic mass is 32.2. The van der Waals surface area contributed by atoms with Crippen LogP contribution in [0, 0.1) is 4.78 Å². The summed E-state index contributed by atoms with van der Waals surface area (Å²) in [6, 6.07) is 10.1. The molecule has 0 aliphatic carbocycles. The molecule has 1 aromatic rings. The second-order valence-electron chi connectivity index (χ2n) is 2.69. The molecule has 0 aliphatic heterocycles. The van der Waals surface area contributed by atoms with Gasteiger partial charge in [-0.2, -0.15) is 0 Å². The molecule has 2 nitrogen and oxygen atoms in total. The number of hydrogen-bond acceptors (Lipinski definition) is 2. The zero-order valence-electron chi connectivity index (χ0n) is 6.86. The molecule has 1 unspecified atom stereocenters. The van der Waals surface area contributed by atoms with Crippen LogP contribution in [0.1, 0.15) is 12.0 Å². The Kier molecular flexibility index (Phi) is 3.80. The first-order valence-electron chi connectivity index (χ1n) is 3.99. The summed E-state index contributed by atoms with van der Waals surface area (Å²) in [4.78, 5) is 0. The second kappa shape index (κ2) is 4.93. The number of nitrogens with one attached hydrogen (secondary N) is 1. The summed E-state index contributed by atoms with van der Waals surface area (Å²) >= 11 is 0. The lowest BCUT2D eigenvalue weighted by atomic mass is 10.1. The van der Waals surface area contributed by atoms with Crippen LogP contribution in [0.25, 0.3) is 0 Å². The molecule has 0 heterocycles. The number of thiol groups is 1. The van der Waals surface area contributed by atoms with Gasteiger partial charge in [-0.3, -0.25) is 8.99 Å². The van der Waals surface area contributed by atoms with E-state index < -0.39 is 10.6 Å². The smallest absolute Gasteiger partial charge is 0.0330 e.